The predicted octanol–water partition coefficient (Wildman–Crippen LogP) is 1.18. The Bertz CT molecular complexity index is 471. The number of rotatable bonds is 5. The number of para-hydroxylation sites is 1. The SMILES string of the molecule is CC(C)N(C)S(=O)(=O)Nc1ccccc1CO. The van der Waals surface area contributed by atoms with E-state index in [-0.39, 0.29) is 12.6 Å². The zero-order valence-electron chi connectivity index (χ0n) is 10.2. The Balaban J connectivity index is 2.98. The van der Waals surface area contributed by atoms with Gasteiger partial charge in [-0.05, 0) is 19.9 Å². The summed E-state index contributed by atoms with van der Waals surface area (Å²) in [7, 11) is -2.06. The zero-order valence-corrected chi connectivity index (χ0v) is 11.0. The van der Waals surface area contributed by atoms with Crippen LogP contribution < -0.4 is 4.72 Å². The lowest BCUT2D eigenvalue weighted by atomic mass is 10.2. The Kier molecular flexibility index (Phi) is 4.50. The molecule has 1 aromatic carbocycles. The van der Waals surface area contributed by atoms with Crippen LogP contribution in [0, 0.1) is 0 Å². The molecule has 17 heavy (non-hydrogen) atoms. The van der Waals surface area contributed by atoms with E-state index in [1.165, 1.54) is 11.4 Å². The van der Waals surface area contributed by atoms with Crippen molar-refractivity contribution < 1.29 is 13.5 Å². The highest BCUT2D eigenvalue weighted by Gasteiger charge is 2.20. The van der Waals surface area contributed by atoms with Crippen LogP contribution in [0.5, 0.6) is 0 Å². The third-order valence-electron chi connectivity index (χ3n) is 2.53. The fourth-order valence-corrected chi connectivity index (χ4v) is 2.42. The quantitative estimate of drug-likeness (QED) is 0.833. The number of nitrogens with one attached hydrogen (secondary N) is 1. The fourth-order valence-electron chi connectivity index (χ4n) is 1.25. The highest BCUT2D eigenvalue weighted by molar-refractivity contribution is 7.90. The molecule has 0 aliphatic heterocycles. The summed E-state index contributed by atoms with van der Waals surface area (Å²) < 4.78 is 27.6. The zero-order chi connectivity index (χ0) is 13.1. The van der Waals surface area contributed by atoms with Gasteiger partial charge < -0.3 is 5.11 Å². The van der Waals surface area contributed by atoms with Gasteiger partial charge in [-0.25, -0.2) is 0 Å². The number of anilines is 1. The van der Waals surface area contributed by atoms with Gasteiger partial charge in [0.05, 0.1) is 12.3 Å². The molecule has 0 unspecified atom stereocenters. The number of hydrogen-bond donors (Lipinski definition) is 2. The van der Waals surface area contributed by atoms with Crippen LogP contribution in [0.25, 0.3) is 0 Å². The van der Waals surface area contributed by atoms with Crippen LogP contribution in [0.4, 0.5) is 5.69 Å². The van der Waals surface area contributed by atoms with Gasteiger partial charge in [0.2, 0.25) is 0 Å². The number of hydrogen-bond acceptors (Lipinski definition) is 3. The van der Waals surface area contributed by atoms with E-state index >= 15 is 0 Å². The molecule has 6 heteroatoms. The molecule has 2 N–H and O–H groups in total. The molecular formula is C11H18N2O3S. The Morgan fingerprint density at radius 2 is 1.94 bits per heavy atom. The van der Waals surface area contributed by atoms with Crippen molar-refractivity contribution in [1.82, 2.24) is 4.31 Å². The minimum Gasteiger partial charge on any atom is -0.392 e. The van der Waals surface area contributed by atoms with Crippen molar-refractivity contribution in [3.8, 4) is 0 Å². The summed E-state index contributed by atoms with van der Waals surface area (Å²) >= 11 is 0. The molecule has 96 valence electrons. The molecule has 0 aliphatic rings. The summed E-state index contributed by atoms with van der Waals surface area (Å²) in [5.41, 5.74) is 0.954. The third-order valence-corrected chi connectivity index (χ3v) is 4.19. The van der Waals surface area contributed by atoms with E-state index in [1.54, 1.807) is 38.1 Å². The van der Waals surface area contributed by atoms with Gasteiger partial charge in [0.15, 0.2) is 0 Å². The number of benzene rings is 1. The van der Waals surface area contributed by atoms with Crippen molar-refractivity contribution in [3.63, 3.8) is 0 Å². The summed E-state index contributed by atoms with van der Waals surface area (Å²) in [4.78, 5) is 0. The third kappa shape index (κ3) is 3.42. The van der Waals surface area contributed by atoms with Crippen LogP contribution in [0.3, 0.4) is 0 Å². The molecule has 0 heterocycles. The van der Waals surface area contributed by atoms with E-state index in [2.05, 4.69) is 4.72 Å². The fraction of sp³-hybridized carbons (Fsp3) is 0.455. The van der Waals surface area contributed by atoms with E-state index in [1.807, 2.05) is 0 Å². The lowest BCUT2D eigenvalue weighted by molar-refractivity contribution is 0.282. The second kappa shape index (κ2) is 5.48. The van der Waals surface area contributed by atoms with Gasteiger partial charge in [-0.15, -0.1) is 0 Å². The molecule has 0 radical (unpaired) electrons. The van der Waals surface area contributed by atoms with Crippen molar-refractivity contribution >= 4 is 15.9 Å². The predicted molar refractivity (Wildman–Crippen MR) is 67.8 cm³/mol. The van der Waals surface area contributed by atoms with E-state index in [9.17, 15) is 8.42 Å². The topological polar surface area (TPSA) is 69.6 Å². The Labute approximate surface area is 102 Å². The normalized spacial score (nSPS) is 12.1. The van der Waals surface area contributed by atoms with Crippen molar-refractivity contribution in [3.05, 3.63) is 29.8 Å². The van der Waals surface area contributed by atoms with Gasteiger partial charge >= 0.3 is 10.2 Å². The molecule has 0 spiro atoms. The van der Waals surface area contributed by atoms with Gasteiger partial charge in [-0.2, -0.15) is 12.7 Å². The highest BCUT2D eigenvalue weighted by Crippen LogP contribution is 2.17. The van der Waals surface area contributed by atoms with Crippen LogP contribution in [0.2, 0.25) is 0 Å². The molecule has 0 aliphatic carbocycles. The largest absolute Gasteiger partial charge is 0.392 e. The van der Waals surface area contributed by atoms with E-state index < -0.39 is 10.2 Å². The lowest BCUT2D eigenvalue weighted by Gasteiger charge is -2.22. The summed E-state index contributed by atoms with van der Waals surface area (Å²) in [6.45, 7) is 3.37. The Morgan fingerprint density at radius 1 is 1.35 bits per heavy atom. The second-order valence-electron chi connectivity index (χ2n) is 4.03. The van der Waals surface area contributed by atoms with Crippen LogP contribution in [0.15, 0.2) is 24.3 Å². The molecular weight excluding hydrogens is 240 g/mol. The lowest BCUT2D eigenvalue weighted by Crippen LogP contribution is -2.37. The Morgan fingerprint density at radius 3 is 2.47 bits per heavy atom. The van der Waals surface area contributed by atoms with Gasteiger partial charge in [-0.1, -0.05) is 18.2 Å². The minimum absolute atomic E-state index is 0.131. The van der Waals surface area contributed by atoms with Crippen molar-refractivity contribution in [2.24, 2.45) is 0 Å². The molecule has 0 saturated heterocycles. The minimum atomic E-state index is -3.57. The molecule has 0 atom stereocenters. The monoisotopic (exact) mass is 258 g/mol. The molecule has 0 bridgehead atoms. The van der Waals surface area contributed by atoms with Crippen LogP contribution in [-0.2, 0) is 16.8 Å². The molecule has 5 nitrogen and oxygen atoms in total. The van der Waals surface area contributed by atoms with Gasteiger partial charge in [0.25, 0.3) is 0 Å². The maximum atomic E-state index is 11.9. The van der Waals surface area contributed by atoms with Crippen molar-refractivity contribution in [1.29, 1.82) is 0 Å². The number of aliphatic hydroxyl groups excluding tert-OH is 1. The van der Waals surface area contributed by atoms with E-state index in [0.29, 0.717) is 11.3 Å². The van der Waals surface area contributed by atoms with Gasteiger partial charge in [0.1, 0.15) is 0 Å². The maximum Gasteiger partial charge on any atom is 0.301 e. The average Bonchev–Trinajstić information content (AvgIpc) is 2.28. The summed E-state index contributed by atoms with van der Waals surface area (Å²) in [5, 5.41) is 9.11. The number of aliphatic hydroxyl groups is 1. The first kappa shape index (κ1) is 14.0. The number of nitrogens with zero attached hydrogens (tertiary/aromatic N) is 1. The molecule has 0 amide bonds. The first-order chi connectivity index (χ1) is 7.88. The van der Waals surface area contributed by atoms with Gasteiger partial charge in [-0.3, -0.25) is 4.72 Å². The van der Waals surface area contributed by atoms with Crippen LogP contribution in [0.1, 0.15) is 19.4 Å². The van der Waals surface area contributed by atoms with E-state index in [4.69, 9.17) is 5.11 Å². The smallest absolute Gasteiger partial charge is 0.301 e. The molecule has 1 rings (SSSR count). The van der Waals surface area contributed by atoms with Crippen molar-refractivity contribution in [2.45, 2.75) is 26.5 Å². The second-order valence-corrected chi connectivity index (χ2v) is 5.76. The van der Waals surface area contributed by atoms with Crippen LogP contribution >= 0.6 is 0 Å². The van der Waals surface area contributed by atoms with Crippen molar-refractivity contribution in [2.75, 3.05) is 11.8 Å². The highest BCUT2D eigenvalue weighted by atomic mass is 32.2. The van der Waals surface area contributed by atoms with E-state index in [0.717, 1.165) is 0 Å². The maximum absolute atomic E-state index is 11.9. The standard InChI is InChI=1S/C11H18N2O3S/c1-9(2)13(3)17(15,16)12-11-7-5-4-6-10(11)8-14/h4-7,9,12,14H,8H2,1-3H3. The summed E-state index contributed by atoms with van der Waals surface area (Å²) in [6.07, 6.45) is 0. The molecule has 0 saturated carbocycles. The summed E-state index contributed by atoms with van der Waals surface area (Å²) in [6, 6.07) is 6.63. The summed E-state index contributed by atoms with van der Waals surface area (Å²) in [5.74, 6) is 0. The molecule has 0 fully saturated rings. The molecule has 0 aromatic heterocycles. The van der Waals surface area contributed by atoms with Gasteiger partial charge in [0, 0.05) is 18.7 Å². The van der Waals surface area contributed by atoms with Crippen LogP contribution in [-0.4, -0.2) is 30.9 Å². The molecule has 1 aromatic rings. The first-order valence-corrected chi connectivity index (χ1v) is 6.77. The average molecular weight is 258 g/mol. The first-order valence-electron chi connectivity index (χ1n) is 5.33. The Hall–Kier alpha value is -1.11.